The molecule has 0 saturated carbocycles. The van der Waals surface area contributed by atoms with Crippen LogP contribution in [0.25, 0.3) is 16.7 Å². The van der Waals surface area contributed by atoms with E-state index in [2.05, 4.69) is 27.4 Å². The van der Waals surface area contributed by atoms with Crippen molar-refractivity contribution in [2.24, 2.45) is 5.41 Å². The van der Waals surface area contributed by atoms with Gasteiger partial charge in [0.2, 0.25) is 0 Å². The lowest BCUT2D eigenvalue weighted by molar-refractivity contribution is 0.317. The Balaban J connectivity index is 2.39. The standard InChI is InChI=1S/C25H34O2/c1-7-8-9-12-25(5,6)16-19-14-22(26)24(23(27)15-19)21-13-18(4)10-11-20(21)17(2)3/h10-11,13-15,26-27H,2,7-9,12,16H2,1,3-6H3. The van der Waals surface area contributed by atoms with E-state index in [1.807, 2.05) is 32.0 Å². The van der Waals surface area contributed by atoms with Gasteiger partial charge in [-0.05, 0) is 60.9 Å². The van der Waals surface area contributed by atoms with Crippen LogP contribution in [0, 0.1) is 12.3 Å². The normalized spacial score (nSPS) is 11.6. The first-order valence-corrected chi connectivity index (χ1v) is 9.96. The number of rotatable bonds is 8. The molecule has 0 spiro atoms. The van der Waals surface area contributed by atoms with Crippen molar-refractivity contribution in [3.63, 3.8) is 0 Å². The summed E-state index contributed by atoms with van der Waals surface area (Å²) in [6, 6.07) is 9.63. The van der Waals surface area contributed by atoms with Gasteiger partial charge in [0.1, 0.15) is 11.5 Å². The molecule has 2 N–H and O–H groups in total. The van der Waals surface area contributed by atoms with Crippen LogP contribution in [-0.4, -0.2) is 10.2 Å². The molecule has 0 unspecified atom stereocenters. The first kappa shape index (κ1) is 21.1. The van der Waals surface area contributed by atoms with Crippen molar-refractivity contribution >= 4 is 5.57 Å². The Labute approximate surface area is 164 Å². The smallest absolute Gasteiger partial charge is 0.127 e. The quantitative estimate of drug-likeness (QED) is 0.483. The van der Waals surface area contributed by atoms with Crippen LogP contribution in [0.2, 0.25) is 0 Å². The maximum absolute atomic E-state index is 10.7. The van der Waals surface area contributed by atoms with Crippen molar-refractivity contribution in [3.05, 3.63) is 53.6 Å². The number of hydrogen-bond acceptors (Lipinski definition) is 2. The third-order valence-corrected chi connectivity index (χ3v) is 5.20. The lowest BCUT2D eigenvalue weighted by Crippen LogP contribution is -2.15. The summed E-state index contributed by atoms with van der Waals surface area (Å²) in [7, 11) is 0. The average Bonchev–Trinajstić information content (AvgIpc) is 2.53. The highest BCUT2D eigenvalue weighted by atomic mass is 16.3. The minimum Gasteiger partial charge on any atom is -0.507 e. The molecule has 2 aromatic rings. The van der Waals surface area contributed by atoms with E-state index in [4.69, 9.17) is 0 Å². The maximum Gasteiger partial charge on any atom is 0.127 e. The van der Waals surface area contributed by atoms with Gasteiger partial charge in [0.25, 0.3) is 0 Å². The molecule has 0 aliphatic carbocycles. The number of unbranched alkanes of at least 4 members (excludes halogenated alkanes) is 2. The summed E-state index contributed by atoms with van der Waals surface area (Å²) in [4.78, 5) is 0. The second-order valence-electron chi connectivity index (χ2n) is 8.64. The van der Waals surface area contributed by atoms with Crippen molar-refractivity contribution in [2.75, 3.05) is 0 Å². The average molecular weight is 367 g/mol. The second kappa shape index (κ2) is 8.65. The van der Waals surface area contributed by atoms with Gasteiger partial charge in [0.15, 0.2) is 0 Å². The van der Waals surface area contributed by atoms with E-state index in [9.17, 15) is 10.2 Å². The second-order valence-corrected chi connectivity index (χ2v) is 8.64. The Bertz CT molecular complexity index is 792. The monoisotopic (exact) mass is 366 g/mol. The number of aromatic hydroxyl groups is 2. The van der Waals surface area contributed by atoms with Crippen molar-refractivity contribution in [1.82, 2.24) is 0 Å². The van der Waals surface area contributed by atoms with Gasteiger partial charge in [-0.1, -0.05) is 75.9 Å². The molecule has 2 nitrogen and oxygen atoms in total. The predicted octanol–water partition coefficient (Wildman–Crippen LogP) is 7.26. The molecule has 0 radical (unpaired) electrons. The highest BCUT2D eigenvalue weighted by Crippen LogP contribution is 2.43. The van der Waals surface area contributed by atoms with Gasteiger partial charge in [-0.2, -0.15) is 0 Å². The van der Waals surface area contributed by atoms with Crippen LogP contribution in [-0.2, 0) is 6.42 Å². The molecule has 0 aromatic heterocycles. The Morgan fingerprint density at radius 3 is 2.22 bits per heavy atom. The fourth-order valence-electron chi connectivity index (χ4n) is 3.78. The Morgan fingerprint density at radius 1 is 1.04 bits per heavy atom. The van der Waals surface area contributed by atoms with Crippen molar-refractivity contribution in [2.45, 2.75) is 66.7 Å². The van der Waals surface area contributed by atoms with Gasteiger partial charge < -0.3 is 10.2 Å². The number of benzene rings is 2. The van der Waals surface area contributed by atoms with E-state index in [1.165, 1.54) is 19.3 Å². The van der Waals surface area contributed by atoms with Crippen LogP contribution >= 0.6 is 0 Å². The Kier molecular flexibility index (Phi) is 6.75. The van der Waals surface area contributed by atoms with E-state index in [0.717, 1.165) is 40.7 Å². The zero-order valence-corrected chi connectivity index (χ0v) is 17.5. The molecule has 0 atom stereocenters. The van der Waals surface area contributed by atoms with Gasteiger partial charge >= 0.3 is 0 Å². The Hall–Kier alpha value is -2.22. The van der Waals surface area contributed by atoms with Gasteiger partial charge in [-0.25, -0.2) is 0 Å². The molecule has 0 saturated heterocycles. The minimum absolute atomic E-state index is 0.127. The summed E-state index contributed by atoms with van der Waals surface area (Å²) in [5, 5.41) is 21.5. The molecule has 2 rings (SSSR count). The molecule has 2 aromatic carbocycles. The third kappa shape index (κ3) is 5.38. The highest BCUT2D eigenvalue weighted by molar-refractivity contribution is 5.86. The molecule has 0 fully saturated rings. The number of phenols is 2. The van der Waals surface area contributed by atoms with Crippen LogP contribution in [0.3, 0.4) is 0 Å². The first-order valence-electron chi connectivity index (χ1n) is 9.96. The highest BCUT2D eigenvalue weighted by Gasteiger charge is 2.21. The number of aryl methyl sites for hydroxylation is 1. The summed E-state index contributed by atoms with van der Waals surface area (Å²) in [5.74, 6) is 0.255. The zero-order valence-electron chi connectivity index (χ0n) is 17.5. The summed E-state index contributed by atoms with van der Waals surface area (Å²) >= 11 is 0. The molecule has 146 valence electrons. The number of hydrogen-bond donors (Lipinski definition) is 2. The first-order chi connectivity index (χ1) is 12.6. The topological polar surface area (TPSA) is 40.5 Å². The summed E-state index contributed by atoms with van der Waals surface area (Å²) in [5.41, 5.74) is 5.36. The van der Waals surface area contributed by atoms with E-state index in [0.29, 0.717) is 5.56 Å². The molecule has 0 heterocycles. The molecule has 0 bridgehead atoms. The van der Waals surface area contributed by atoms with E-state index < -0.39 is 0 Å². The number of allylic oxidation sites excluding steroid dienone is 1. The van der Waals surface area contributed by atoms with Crippen LogP contribution in [0.15, 0.2) is 36.9 Å². The molecule has 0 amide bonds. The summed E-state index contributed by atoms with van der Waals surface area (Å²) < 4.78 is 0. The largest absolute Gasteiger partial charge is 0.507 e. The maximum atomic E-state index is 10.7. The molecular formula is C25H34O2. The molecular weight excluding hydrogens is 332 g/mol. The van der Waals surface area contributed by atoms with Gasteiger partial charge in [0.05, 0.1) is 5.56 Å². The third-order valence-electron chi connectivity index (χ3n) is 5.20. The molecule has 0 aliphatic rings. The van der Waals surface area contributed by atoms with Gasteiger partial charge in [0, 0.05) is 0 Å². The summed E-state index contributed by atoms with van der Waals surface area (Å²) in [6.45, 7) is 14.7. The minimum atomic E-state index is 0.127. The SMILES string of the molecule is C=C(C)c1ccc(C)cc1-c1c(O)cc(CC(C)(C)CCCCC)cc1O. The molecule has 2 heteroatoms. The van der Waals surface area contributed by atoms with Crippen molar-refractivity contribution in [3.8, 4) is 22.6 Å². The zero-order chi connectivity index (χ0) is 20.2. The van der Waals surface area contributed by atoms with Gasteiger partial charge in [-0.3, -0.25) is 0 Å². The van der Waals surface area contributed by atoms with Crippen LogP contribution in [0.5, 0.6) is 11.5 Å². The van der Waals surface area contributed by atoms with Gasteiger partial charge in [-0.15, -0.1) is 0 Å². The van der Waals surface area contributed by atoms with Crippen LogP contribution in [0.4, 0.5) is 0 Å². The van der Waals surface area contributed by atoms with Crippen molar-refractivity contribution < 1.29 is 10.2 Å². The van der Waals surface area contributed by atoms with E-state index in [-0.39, 0.29) is 16.9 Å². The van der Waals surface area contributed by atoms with Crippen LogP contribution in [0.1, 0.15) is 70.1 Å². The Morgan fingerprint density at radius 2 is 1.67 bits per heavy atom. The summed E-state index contributed by atoms with van der Waals surface area (Å²) in [6.07, 6.45) is 5.65. The molecule has 27 heavy (non-hydrogen) atoms. The van der Waals surface area contributed by atoms with E-state index in [1.54, 1.807) is 12.1 Å². The lowest BCUT2D eigenvalue weighted by atomic mass is 9.80. The fraction of sp³-hybridized carbons (Fsp3) is 0.440. The number of phenolic OH excluding ortho intramolecular Hbond substituents is 2. The molecule has 0 aliphatic heterocycles. The predicted molar refractivity (Wildman–Crippen MR) is 116 cm³/mol. The van der Waals surface area contributed by atoms with Crippen molar-refractivity contribution in [1.29, 1.82) is 0 Å². The van der Waals surface area contributed by atoms with Crippen LogP contribution < -0.4 is 0 Å². The fourth-order valence-corrected chi connectivity index (χ4v) is 3.78. The lowest BCUT2D eigenvalue weighted by Gasteiger charge is -2.25. The van der Waals surface area contributed by atoms with E-state index >= 15 is 0 Å².